The van der Waals surface area contributed by atoms with Crippen LogP contribution in [0.15, 0.2) is 42.7 Å². The van der Waals surface area contributed by atoms with Gasteiger partial charge in [-0.05, 0) is 68.0 Å². The molecular formula is C25H28F6N2O2. The molecule has 1 saturated carbocycles. The molecule has 0 unspecified atom stereocenters. The third kappa shape index (κ3) is 6.27. The summed E-state index contributed by atoms with van der Waals surface area (Å²) in [6, 6.07) is 7.01. The molecule has 1 saturated heterocycles. The number of ether oxygens (including phenoxy) is 2. The highest BCUT2D eigenvalue weighted by Crippen LogP contribution is 2.50. The van der Waals surface area contributed by atoms with Gasteiger partial charge in [0.05, 0.1) is 11.2 Å². The summed E-state index contributed by atoms with van der Waals surface area (Å²) < 4.78 is 88.7. The second-order valence-electron chi connectivity index (χ2n) is 9.48. The molecule has 1 aromatic heterocycles. The summed E-state index contributed by atoms with van der Waals surface area (Å²) in [4.78, 5) is 3.81. The zero-order valence-corrected chi connectivity index (χ0v) is 19.1. The Morgan fingerprint density at radius 2 is 1.80 bits per heavy atom. The van der Waals surface area contributed by atoms with Gasteiger partial charge in [-0.15, -0.1) is 13.2 Å². The van der Waals surface area contributed by atoms with Crippen molar-refractivity contribution in [2.75, 3.05) is 13.2 Å². The van der Waals surface area contributed by atoms with Gasteiger partial charge >= 0.3 is 12.5 Å². The van der Waals surface area contributed by atoms with Gasteiger partial charge in [-0.25, -0.2) is 0 Å². The molecule has 35 heavy (non-hydrogen) atoms. The summed E-state index contributed by atoms with van der Waals surface area (Å²) >= 11 is 0. The van der Waals surface area contributed by atoms with E-state index in [0.717, 1.165) is 43.5 Å². The molecule has 1 aliphatic carbocycles. The van der Waals surface area contributed by atoms with Crippen molar-refractivity contribution in [1.82, 2.24) is 10.3 Å². The van der Waals surface area contributed by atoms with E-state index in [-0.39, 0.29) is 23.5 Å². The molecule has 2 aliphatic rings. The van der Waals surface area contributed by atoms with Crippen LogP contribution in [0.1, 0.15) is 61.6 Å². The largest absolute Gasteiger partial charge is 0.573 e. The van der Waals surface area contributed by atoms with Crippen LogP contribution >= 0.6 is 0 Å². The number of benzene rings is 1. The third-order valence-electron chi connectivity index (χ3n) is 7.15. The minimum atomic E-state index is -4.80. The lowest BCUT2D eigenvalue weighted by atomic mass is 9.66. The lowest BCUT2D eigenvalue weighted by molar-refractivity contribution is -0.274. The molecular weight excluding hydrogens is 474 g/mol. The topological polar surface area (TPSA) is 43.4 Å². The molecule has 0 bridgehead atoms. The standard InChI is InChI=1S/C25H28F6N2O2/c26-24(27,28)21-6-11-32-15-18(21)16-33-12-9-22(10-13-34-23(17-22)7-1-2-8-23)19-4-3-5-20(14-19)35-25(29,30)31/h3-6,11,14-15,33H,1-2,7-10,12-13,16-17H2/t22-/m1/s1. The molecule has 1 aliphatic heterocycles. The second kappa shape index (κ2) is 9.97. The first-order valence-electron chi connectivity index (χ1n) is 11.7. The van der Waals surface area contributed by atoms with Crippen molar-refractivity contribution in [3.63, 3.8) is 0 Å². The van der Waals surface area contributed by atoms with Gasteiger partial charge in [0, 0.05) is 31.0 Å². The van der Waals surface area contributed by atoms with Crippen LogP contribution in [0.4, 0.5) is 26.3 Å². The predicted molar refractivity (Wildman–Crippen MR) is 117 cm³/mol. The first kappa shape index (κ1) is 25.8. The summed E-state index contributed by atoms with van der Waals surface area (Å²) in [5, 5.41) is 3.10. The Kier molecular flexibility index (Phi) is 7.33. The van der Waals surface area contributed by atoms with Crippen LogP contribution in [0.3, 0.4) is 0 Å². The fourth-order valence-corrected chi connectivity index (χ4v) is 5.58. The Bertz CT molecular complexity index is 1000. The Hall–Kier alpha value is -2.33. The number of nitrogens with one attached hydrogen (secondary N) is 1. The highest BCUT2D eigenvalue weighted by molar-refractivity contribution is 5.35. The van der Waals surface area contributed by atoms with Crippen molar-refractivity contribution in [3.8, 4) is 5.75 Å². The van der Waals surface area contributed by atoms with Gasteiger partial charge < -0.3 is 14.8 Å². The van der Waals surface area contributed by atoms with Crippen molar-refractivity contribution in [2.24, 2.45) is 0 Å². The summed E-state index contributed by atoms with van der Waals surface area (Å²) in [5.41, 5.74) is -0.751. The number of hydrogen-bond donors (Lipinski definition) is 1. The number of pyridine rings is 1. The second-order valence-corrected chi connectivity index (χ2v) is 9.48. The zero-order valence-electron chi connectivity index (χ0n) is 19.1. The maximum Gasteiger partial charge on any atom is 0.573 e. The van der Waals surface area contributed by atoms with Crippen LogP contribution in [-0.2, 0) is 22.9 Å². The molecule has 2 fully saturated rings. The summed E-state index contributed by atoms with van der Waals surface area (Å²) in [7, 11) is 0. The zero-order chi connectivity index (χ0) is 25.2. The predicted octanol–water partition coefficient (Wildman–Crippen LogP) is 6.54. The Morgan fingerprint density at radius 3 is 2.51 bits per heavy atom. The van der Waals surface area contributed by atoms with Gasteiger partial charge in [-0.3, -0.25) is 4.98 Å². The summed E-state index contributed by atoms with van der Waals surface area (Å²) in [5.74, 6) is -0.278. The van der Waals surface area contributed by atoms with E-state index >= 15 is 0 Å². The van der Waals surface area contributed by atoms with Crippen LogP contribution in [0.5, 0.6) is 5.75 Å². The molecule has 192 valence electrons. The molecule has 10 heteroatoms. The molecule has 2 aromatic rings. The molecule has 4 nitrogen and oxygen atoms in total. The fourth-order valence-electron chi connectivity index (χ4n) is 5.58. The number of alkyl halides is 6. The molecule has 1 spiro atoms. The number of nitrogens with zero attached hydrogens (tertiary/aromatic N) is 1. The van der Waals surface area contributed by atoms with Crippen molar-refractivity contribution >= 4 is 0 Å². The molecule has 0 amide bonds. The van der Waals surface area contributed by atoms with Crippen molar-refractivity contribution < 1.29 is 35.8 Å². The first-order chi connectivity index (χ1) is 16.5. The number of aromatic nitrogens is 1. The van der Waals surface area contributed by atoms with Gasteiger partial charge in [0.15, 0.2) is 0 Å². The minimum absolute atomic E-state index is 0.0162. The van der Waals surface area contributed by atoms with Gasteiger partial charge in [-0.2, -0.15) is 13.2 Å². The third-order valence-corrected chi connectivity index (χ3v) is 7.15. The van der Waals surface area contributed by atoms with Crippen LogP contribution in [0.2, 0.25) is 0 Å². The summed E-state index contributed by atoms with van der Waals surface area (Å²) in [6.07, 6.45) is -1.31. The maximum absolute atomic E-state index is 13.3. The SMILES string of the molecule is FC(F)(F)Oc1cccc([C@]2(CCNCc3cnccc3C(F)(F)F)CCOC3(CCCC3)C2)c1. The van der Waals surface area contributed by atoms with Crippen molar-refractivity contribution in [2.45, 2.75) is 75.0 Å². The van der Waals surface area contributed by atoms with E-state index < -0.39 is 23.5 Å². The highest BCUT2D eigenvalue weighted by Gasteiger charge is 2.48. The molecule has 4 rings (SSSR count). The van der Waals surface area contributed by atoms with Gasteiger partial charge in [0.25, 0.3) is 0 Å². The number of halogens is 6. The lowest BCUT2D eigenvalue weighted by Gasteiger charge is -2.47. The maximum atomic E-state index is 13.3. The van der Waals surface area contributed by atoms with Gasteiger partial charge in [-0.1, -0.05) is 25.0 Å². The average Bonchev–Trinajstić information content (AvgIpc) is 3.22. The quantitative estimate of drug-likeness (QED) is 0.345. The molecule has 1 atom stereocenters. The Balaban J connectivity index is 1.53. The Labute approximate surface area is 200 Å². The average molecular weight is 502 g/mol. The van der Waals surface area contributed by atoms with Crippen LogP contribution in [0.25, 0.3) is 0 Å². The van der Waals surface area contributed by atoms with E-state index in [9.17, 15) is 26.3 Å². The van der Waals surface area contributed by atoms with E-state index in [0.29, 0.717) is 32.4 Å². The molecule has 1 N–H and O–H groups in total. The summed E-state index contributed by atoms with van der Waals surface area (Å²) in [6.45, 7) is 0.843. The lowest BCUT2D eigenvalue weighted by Crippen LogP contribution is -2.47. The van der Waals surface area contributed by atoms with Crippen molar-refractivity contribution in [1.29, 1.82) is 0 Å². The van der Waals surface area contributed by atoms with Gasteiger partial charge in [0.2, 0.25) is 0 Å². The number of hydrogen-bond acceptors (Lipinski definition) is 4. The normalized spacial score (nSPS) is 22.5. The van der Waals surface area contributed by atoms with Gasteiger partial charge in [0.1, 0.15) is 5.75 Å². The minimum Gasteiger partial charge on any atom is -0.406 e. The van der Waals surface area contributed by atoms with Crippen LogP contribution in [-0.4, -0.2) is 30.1 Å². The molecule has 2 heterocycles. The van der Waals surface area contributed by atoms with E-state index in [1.54, 1.807) is 12.1 Å². The fraction of sp³-hybridized carbons (Fsp3) is 0.560. The highest BCUT2D eigenvalue weighted by atomic mass is 19.4. The molecule has 0 radical (unpaired) electrons. The van der Waals surface area contributed by atoms with E-state index in [4.69, 9.17) is 4.74 Å². The van der Waals surface area contributed by atoms with Crippen molar-refractivity contribution in [3.05, 3.63) is 59.4 Å². The van der Waals surface area contributed by atoms with Crippen LogP contribution in [0, 0.1) is 0 Å². The molecule has 1 aromatic carbocycles. The first-order valence-corrected chi connectivity index (χ1v) is 11.7. The van der Waals surface area contributed by atoms with E-state index in [1.807, 2.05) is 0 Å². The monoisotopic (exact) mass is 502 g/mol. The number of rotatable bonds is 7. The smallest absolute Gasteiger partial charge is 0.406 e. The van der Waals surface area contributed by atoms with Crippen LogP contribution < -0.4 is 10.1 Å². The Morgan fingerprint density at radius 1 is 1.03 bits per heavy atom. The van der Waals surface area contributed by atoms with E-state index in [1.165, 1.54) is 18.3 Å². The van der Waals surface area contributed by atoms with E-state index in [2.05, 4.69) is 15.0 Å².